The molecule has 2 aromatic rings. The molecule has 0 radical (unpaired) electrons. The summed E-state index contributed by atoms with van der Waals surface area (Å²) < 4.78 is 1.44. The summed E-state index contributed by atoms with van der Waals surface area (Å²) in [5.41, 5.74) is 2.72. The Morgan fingerprint density at radius 2 is 1.86 bits per heavy atom. The average molecular weight is 284 g/mol. The van der Waals surface area contributed by atoms with E-state index in [9.17, 15) is 9.59 Å². The molecule has 110 valence electrons. The van der Waals surface area contributed by atoms with Gasteiger partial charge in [-0.3, -0.25) is 9.59 Å². The zero-order chi connectivity index (χ0) is 15.4. The molecule has 0 fully saturated rings. The van der Waals surface area contributed by atoms with Crippen molar-refractivity contribution >= 4 is 11.6 Å². The van der Waals surface area contributed by atoms with Gasteiger partial charge < -0.3 is 9.47 Å². The lowest BCUT2D eigenvalue weighted by Crippen LogP contribution is -2.36. The van der Waals surface area contributed by atoms with E-state index in [0.29, 0.717) is 6.54 Å². The molecule has 0 saturated carbocycles. The monoisotopic (exact) mass is 284 g/mol. The lowest BCUT2D eigenvalue weighted by Gasteiger charge is -2.22. The van der Waals surface area contributed by atoms with Crippen LogP contribution in [0.15, 0.2) is 47.4 Å². The van der Waals surface area contributed by atoms with Crippen LogP contribution in [0, 0.1) is 13.8 Å². The van der Waals surface area contributed by atoms with Crippen LogP contribution in [-0.4, -0.2) is 17.0 Å². The van der Waals surface area contributed by atoms with Gasteiger partial charge in [-0.05, 0) is 50.1 Å². The van der Waals surface area contributed by atoms with Crippen molar-refractivity contribution in [3.05, 3.63) is 64.1 Å². The maximum absolute atomic E-state index is 12.5. The number of carbonyl (C=O) groups excluding carboxylic acids is 1. The number of aryl methyl sites for hydroxylation is 2. The molecule has 0 atom stereocenters. The first-order chi connectivity index (χ1) is 10.0. The molecule has 0 unspecified atom stereocenters. The van der Waals surface area contributed by atoms with Crippen LogP contribution in [0.1, 0.15) is 18.1 Å². The molecular formula is C17H20N2O2. The first kappa shape index (κ1) is 15.0. The fraction of sp³-hybridized carbons (Fsp3) is 0.294. The Balaban J connectivity index is 2.23. The number of carbonyl (C=O) groups is 1. The molecule has 4 nitrogen and oxygen atoms in total. The van der Waals surface area contributed by atoms with Gasteiger partial charge in [0.25, 0.3) is 5.56 Å². The zero-order valence-corrected chi connectivity index (χ0v) is 12.7. The minimum Gasteiger partial charge on any atom is -0.311 e. The number of anilines is 1. The summed E-state index contributed by atoms with van der Waals surface area (Å²) >= 11 is 0. The molecule has 0 spiro atoms. The predicted octanol–water partition coefficient (Wildman–Crippen LogP) is 2.52. The van der Waals surface area contributed by atoms with Gasteiger partial charge in [-0.15, -0.1) is 0 Å². The minimum atomic E-state index is -0.149. The van der Waals surface area contributed by atoms with Crippen LogP contribution in [0.4, 0.5) is 5.69 Å². The Kier molecular flexibility index (Phi) is 4.58. The molecule has 0 aliphatic carbocycles. The van der Waals surface area contributed by atoms with Gasteiger partial charge in [-0.25, -0.2) is 0 Å². The molecule has 0 aliphatic rings. The van der Waals surface area contributed by atoms with Crippen LogP contribution in [0.5, 0.6) is 0 Å². The highest BCUT2D eigenvalue weighted by atomic mass is 16.2. The van der Waals surface area contributed by atoms with E-state index in [2.05, 4.69) is 0 Å². The smallest absolute Gasteiger partial charge is 0.251 e. The Labute approximate surface area is 124 Å². The second kappa shape index (κ2) is 6.39. The summed E-state index contributed by atoms with van der Waals surface area (Å²) in [6, 6.07) is 11.2. The summed E-state index contributed by atoms with van der Waals surface area (Å²) in [5.74, 6) is -0.0888. The second-order valence-electron chi connectivity index (χ2n) is 5.15. The van der Waals surface area contributed by atoms with Gasteiger partial charge in [0.2, 0.25) is 5.91 Å². The SMILES string of the molecule is CCN(C(=O)Cn1ccc(C)cc1=O)c1cccc(C)c1. The molecule has 0 aliphatic heterocycles. The molecule has 1 aromatic carbocycles. The highest BCUT2D eigenvalue weighted by Crippen LogP contribution is 2.16. The molecule has 1 aromatic heterocycles. The predicted molar refractivity (Wildman–Crippen MR) is 84.6 cm³/mol. The molecule has 21 heavy (non-hydrogen) atoms. The summed E-state index contributed by atoms with van der Waals surface area (Å²) in [5, 5.41) is 0. The second-order valence-corrected chi connectivity index (χ2v) is 5.15. The average Bonchev–Trinajstić information content (AvgIpc) is 2.43. The summed E-state index contributed by atoms with van der Waals surface area (Å²) in [6.07, 6.45) is 1.67. The van der Waals surface area contributed by atoms with E-state index < -0.39 is 0 Å². The van der Waals surface area contributed by atoms with Crippen LogP contribution in [-0.2, 0) is 11.3 Å². The van der Waals surface area contributed by atoms with E-state index in [4.69, 9.17) is 0 Å². The maximum atomic E-state index is 12.5. The van der Waals surface area contributed by atoms with Gasteiger partial charge in [0.05, 0.1) is 0 Å². The minimum absolute atomic E-state index is 0.0564. The number of rotatable bonds is 4. The first-order valence-corrected chi connectivity index (χ1v) is 7.05. The van der Waals surface area contributed by atoms with Crippen LogP contribution in [0.2, 0.25) is 0 Å². The largest absolute Gasteiger partial charge is 0.311 e. The van der Waals surface area contributed by atoms with E-state index in [-0.39, 0.29) is 18.0 Å². The molecule has 0 N–H and O–H groups in total. The third-order valence-electron chi connectivity index (χ3n) is 3.39. The molecule has 0 saturated heterocycles. The van der Waals surface area contributed by atoms with Crippen LogP contribution >= 0.6 is 0 Å². The van der Waals surface area contributed by atoms with Gasteiger partial charge in [-0.1, -0.05) is 12.1 Å². The molecule has 2 rings (SSSR count). The van der Waals surface area contributed by atoms with E-state index in [0.717, 1.165) is 16.8 Å². The van der Waals surface area contributed by atoms with Crippen LogP contribution in [0.25, 0.3) is 0 Å². The number of likely N-dealkylation sites (N-methyl/N-ethyl adjacent to an activating group) is 1. The van der Waals surface area contributed by atoms with Gasteiger partial charge in [0.15, 0.2) is 0 Å². The van der Waals surface area contributed by atoms with Crippen molar-refractivity contribution < 1.29 is 4.79 Å². The molecular weight excluding hydrogens is 264 g/mol. The maximum Gasteiger partial charge on any atom is 0.251 e. The van der Waals surface area contributed by atoms with Gasteiger partial charge in [0.1, 0.15) is 6.54 Å². The van der Waals surface area contributed by atoms with Crippen LogP contribution in [0.3, 0.4) is 0 Å². The summed E-state index contributed by atoms with van der Waals surface area (Å²) in [7, 11) is 0. The Morgan fingerprint density at radius 3 is 2.48 bits per heavy atom. The number of amides is 1. The van der Waals surface area contributed by atoms with Gasteiger partial charge in [0, 0.05) is 24.5 Å². The molecule has 0 bridgehead atoms. The third-order valence-corrected chi connectivity index (χ3v) is 3.39. The zero-order valence-electron chi connectivity index (χ0n) is 12.7. The van der Waals surface area contributed by atoms with Crippen molar-refractivity contribution in [2.75, 3.05) is 11.4 Å². The van der Waals surface area contributed by atoms with E-state index in [1.165, 1.54) is 10.6 Å². The number of benzene rings is 1. The Bertz CT molecular complexity index is 704. The van der Waals surface area contributed by atoms with Gasteiger partial charge >= 0.3 is 0 Å². The van der Waals surface area contributed by atoms with Crippen molar-refractivity contribution in [3.8, 4) is 0 Å². The topological polar surface area (TPSA) is 42.3 Å². The number of aromatic nitrogens is 1. The van der Waals surface area contributed by atoms with Crippen molar-refractivity contribution in [1.82, 2.24) is 4.57 Å². The fourth-order valence-corrected chi connectivity index (χ4v) is 2.27. The fourth-order valence-electron chi connectivity index (χ4n) is 2.27. The molecule has 4 heteroatoms. The number of hydrogen-bond donors (Lipinski definition) is 0. The Morgan fingerprint density at radius 1 is 1.14 bits per heavy atom. The molecule has 1 heterocycles. The number of hydrogen-bond acceptors (Lipinski definition) is 2. The standard InChI is InChI=1S/C17H20N2O2/c1-4-19(15-7-5-6-13(2)10-15)17(21)12-18-9-8-14(3)11-16(18)20/h5-11H,4,12H2,1-3H3. The first-order valence-electron chi connectivity index (χ1n) is 7.05. The lowest BCUT2D eigenvalue weighted by atomic mass is 10.2. The van der Waals surface area contributed by atoms with Crippen molar-refractivity contribution in [2.24, 2.45) is 0 Å². The number of nitrogens with zero attached hydrogens (tertiary/aromatic N) is 2. The summed E-state index contributed by atoms with van der Waals surface area (Å²) in [6.45, 7) is 6.41. The Hall–Kier alpha value is -2.36. The van der Waals surface area contributed by atoms with Gasteiger partial charge in [-0.2, -0.15) is 0 Å². The quantitative estimate of drug-likeness (QED) is 0.865. The van der Waals surface area contributed by atoms with E-state index in [1.807, 2.05) is 51.1 Å². The number of pyridine rings is 1. The lowest BCUT2D eigenvalue weighted by molar-refractivity contribution is -0.119. The normalized spacial score (nSPS) is 10.4. The van der Waals surface area contributed by atoms with E-state index in [1.54, 1.807) is 11.1 Å². The third kappa shape index (κ3) is 3.60. The van der Waals surface area contributed by atoms with Crippen molar-refractivity contribution in [3.63, 3.8) is 0 Å². The van der Waals surface area contributed by atoms with Crippen LogP contribution < -0.4 is 10.5 Å². The van der Waals surface area contributed by atoms with Crippen molar-refractivity contribution in [2.45, 2.75) is 27.3 Å². The van der Waals surface area contributed by atoms with E-state index >= 15 is 0 Å². The molecule has 1 amide bonds. The summed E-state index contributed by atoms with van der Waals surface area (Å²) in [4.78, 5) is 26.0. The highest BCUT2D eigenvalue weighted by molar-refractivity contribution is 5.93. The highest BCUT2D eigenvalue weighted by Gasteiger charge is 2.14. The van der Waals surface area contributed by atoms with Crippen molar-refractivity contribution in [1.29, 1.82) is 0 Å².